The zero-order valence-electron chi connectivity index (χ0n) is 13.5. The smallest absolute Gasteiger partial charge is 0.305 e. The van der Waals surface area contributed by atoms with Gasteiger partial charge in [0.1, 0.15) is 0 Å². The number of nitrogens with zero attached hydrogens (tertiary/aromatic N) is 1. The molecule has 1 aliphatic heterocycles. The number of ether oxygens (including phenoxy) is 1. The maximum atomic E-state index is 12.3. The lowest BCUT2D eigenvalue weighted by Crippen LogP contribution is -2.51. The molecule has 1 atom stereocenters. The van der Waals surface area contributed by atoms with E-state index in [1.807, 2.05) is 0 Å². The quantitative estimate of drug-likeness (QED) is 0.731. The van der Waals surface area contributed by atoms with E-state index in [0.717, 1.165) is 38.6 Å². The Morgan fingerprint density at radius 1 is 1.33 bits per heavy atom. The monoisotopic (exact) mass is 295 g/mol. The van der Waals surface area contributed by atoms with E-state index in [1.165, 1.54) is 26.4 Å². The van der Waals surface area contributed by atoms with Crippen LogP contribution in [0.4, 0.5) is 0 Å². The lowest BCUT2D eigenvalue weighted by Gasteiger charge is -2.46. The fourth-order valence-corrected chi connectivity index (χ4v) is 3.91. The first kappa shape index (κ1) is 16.3. The van der Waals surface area contributed by atoms with E-state index < -0.39 is 0 Å². The molecule has 0 aromatic heterocycles. The van der Waals surface area contributed by atoms with Crippen molar-refractivity contribution in [2.24, 2.45) is 5.41 Å². The average Bonchev–Trinajstić information content (AvgIpc) is 2.55. The van der Waals surface area contributed by atoms with Crippen LogP contribution in [0.1, 0.15) is 71.1 Å². The van der Waals surface area contributed by atoms with Gasteiger partial charge in [-0.05, 0) is 37.5 Å². The van der Waals surface area contributed by atoms with Crippen LogP contribution in [0.15, 0.2) is 0 Å². The minimum absolute atomic E-state index is 0.111. The van der Waals surface area contributed by atoms with E-state index in [4.69, 9.17) is 4.74 Å². The third-order valence-electron chi connectivity index (χ3n) is 5.55. The van der Waals surface area contributed by atoms with Gasteiger partial charge in [0.2, 0.25) is 5.91 Å². The first-order valence-corrected chi connectivity index (χ1v) is 8.46. The van der Waals surface area contributed by atoms with Gasteiger partial charge in [-0.2, -0.15) is 0 Å². The van der Waals surface area contributed by atoms with Gasteiger partial charge in [-0.15, -0.1) is 0 Å². The Hall–Kier alpha value is -1.06. The summed E-state index contributed by atoms with van der Waals surface area (Å²) in [4.78, 5) is 25.9. The molecular weight excluding hydrogens is 266 g/mol. The summed E-state index contributed by atoms with van der Waals surface area (Å²) in [7, 11) is 1.44. The zero-order chi connectivity index (χ0) is 15.3. The van der Waals surface area contributed by atoms with E-state index in [9.17, 15) is 9.59 Å². The molecule has 0 radical (unpaired) electrons. The van der Waals surface area contributed by atoms with Crippen LogP contribution < -0.4 is 0 Å². The van der Waals surface area contributed by atoms with Crippen molar-refractivity contribution in [3.05, 3.63) is 0 Å². The first-order chi connectivity index (χ1) is 10.1. The number of esters is 1. The number of rotatable bonds is 5. The number of amides is 1. The highest BCUT2D eigenvalue weighted by Gasteiger charge is 2.40. The second kappa shape index (κ2) is 7.28. The SMILES string of the molecule is CCC1(CCC(=O)OC)CCC(=O)N(C2CCCCC2)C1. The Kier molecular flexibility index (Phi) is 5.65. The summed E-state index contributed by atoms with van der Waals surface area (Å²) in [6.07, 6.45) is 10.0. The topological polar surface area (TPSA) is 46.6 Å². The number of piperidine rings is 1. The van der Waals surface area contributed by atoms with E-state index >= 15 is 0 Å². The summed E-state index contributed by atoms with van der Waals surface area (Å²) in [6, 6.07) is 0.440. The summed E-state index contributed by atoms with van der Waals surface area (Å²) in [6.45, 7) is 3.02. The minimum Gasteiger partial charge on any atom is -0.469 e. The number of methoxy groups -OCH3 is 1. The summed E-state index contributed by atoms with van der Waals surface area (Å²) in [5, 5.41) is 0. The minimum atomic E-state index is -0.135. The predicted octanol–water partition coefficient (Wildman–Crippen LogP) is 3.29. The molecule has 1 aliphatic carbocycles. The molecule has 1 saturated carbocycles. The fraction of sp³-hybridized carbons (Fsp3) is 0.882. The molecule has 1 unspecified atom stereocenters. The lowest BCUT2D eigenvalue weighted by atomic mass is 9.73. The number of carbonyl (C=O) groups excluding carboxylic acids is 2. The number of carbonyl (C=O) groups is 2. The third kappa shape index (κ3) is 3.98. The van der Waals surface area contributed by atoms with Gasteiger partial charge < -0.3 is 9.64 Å². The third-order valence-corrected chi connectivity index (χ3v) is 5.55. The highest BCUT2D eigenvalue weighted by Crippen LogP contribution is 2.40. The van der Waals surface area contributed by atoms with Crippen molar-refractivity contribution in [3.63, 3.8) is 0 Å². The van der Waals surface area contributed by atoms with E-state index in [-0.39, 0.29) is 11.4 Å². The summed E-state index contributed by atoms with van der Waals surface area (Å²) >= 11 is 0. The molecule has 120 valence electrons. The van der Waals surface area contributed by atoms with Gasteiger partial charge in [0.15, 0.2) is 0 Å². The van der Waals surface area contributed by atoms with Crippen molar-refractivity contribution in [1.29, 1.82) is 0 Å². The van der Waals surface area contributed by atoms with Crippen LogP contribution in [0, 0.1) is 5.41 Å². The van der Waals surface area contributed by atoms with Crippen LogP contribution in [-0.4, -0.2) is 36.5 Å². The van der Waals surface area contributed by atoms with Crippen molar-refractivity contribution in [1.82, 2.24) is 4.90 Å². The molecule has 21 heavy (non-hydrogen) atoms. The molecule has 2 rings (SSSR count). The van der Waals surface area contributed by atoms with Crippen LogP contribution in [0.5, 0.6) is 0 Å². The van der Waals surface area contributed by atoms with Crippen molar-refractivity contribution in [3.8, 4) is 0 Å². The molecule has 2 fully saturated rings. The molecule has 4 heteroatoms. The highest BCUT2D eigenvalue weighted by molar-refractivity contribution is 5.77. The highest BCUT2D eigenvalue weighted by atomic mass is 16.5. The molecule has 0 bridgehead atoms. The summed E-state index contributed by atoms with van der Waals surface area (Å²) in [5.74, 6) is 0.188. The molecule has 0 N–H and O–H groups in total. The molecule has 0 aromatic rings. The van der Waals surface area contributed by atoms with Crippen molar-refractivity contribution in [2.45, 2.75) is 77.2 Å². The number of likely N-dealkylation sites (tertiary alicyclic amines) is 1. The molecule has 1 amide bonds. The second-order valence-corrected chi connectivity index (χ2v) is 6.74. The van der Waals surface area contributed by atoms with E-state index in [0.29, 0.717) is 24.8 Å². The molecule has 4 nitrogen and oxygen atoms in total. The largest absolute Gasteiger partial charge is 0.469 e. The van der Waals surface area contributed by atoms with E-state index in [2.05, 4.69) is 11.8 Å². The molecular formula is C17H29NO3. The number of hydrogen-bond donors (Lipinski definition) is 0. The molecule has 1 saturated heterocycles. The average molecular weight is 295 g/mol. The molecule has 0 aromatic carbocycles. The van der Waals surface area contributed by atoms with E-state index in [1.54, 1.807) is 0 Å². The van der Waals surface area contributed by atoms with Gasteiger partial charge in [0.25, 0.3) is 0 Å². The standard InChI is InChI=1S/C17H29NO3/c1-3-17(12-10-16(20)21-2)11-9-15(19)18(13-17)14-7-5-4-6-8-14/h14H,3-13H2,1-2H3. The van der Waals surface area contributed by atoms with Crippen LogP contribution in [0.25, 0.3) is 0 Å². The summed E-state index contributed by atoms with van der Waals surface area (Å²) < 4.78 is 4.78. The Morgan fingerprint density at radius 2 is 2.05 bits per heavy atom. The Balaban J connectivity index is 2.01. The van der Waals surface area contributed by atoms with Gasteiger partial charge in [0.05, 0.1) is 7.11 Å². The van der Waals surface area contributed by atoms with Crippen LogP contribution >= 0.6 is 0 Å². The fourth-order valence-electron chi connectivity index (χ4n) is 3.91. The van der Waals surface area contributed by atoms with Gasteiger partial charge in [-0.25, -0.2) is 0 Å². The van der Waals surface area contributed by atoms with Gasteiger partial charge in [-0.3, -0.25) is 9.59 Å². The lowest BCUT2D eigenvalue weighted by molar-refractivity contribution is -0.144. The normalized spacial score (nSPS) is 27.7. The maximum absolute atomic E-state index is 12.3. The predicted molar refractivity (Wildman–Crippen MR) is 81.8 cm³/mol. The van der Waals surface area contributed by atoms with Crippen molar-refractivity contribution >= 4 is 11.9 Å². The van der Waals surface area contributed by atoms with Crippen molar-refractivity contribution in [2.75, 3.05) is 13.7 Å². The molecule has 0 spiro atoms. The van der Waals surface area contributed by atoms with Gasteiger partial charge >= 0.3 is 5.97 Å². The zero-order valence-corrected chi connectivity index (χ0v) is 13.5. The van der Waals surface area contributed by atoms with Crippen LogP contribution in [0.3, 0.4) is 0 Å². The van der Waals surface area contributed by atoms with Crippen LogP contribution in [-0.2, 0) is 14.3 Å². The number of hydrogen-bond acceptors (Lipinski definition) is 3. The van der Waals surface area contributed by atoms with Gasteiger partial charge in [0, 0.05) is 25.4 Å². The second-order valence-electron chi connectivity index (χ2n) is 6.74. The van der Waals surface area contributed by atoms with Crippen LogP contribution in [0.2, 0.25) is 0 Å². The first-order valence-electron chi connectivity index (χ1n) is 8.46. The molecule has 2 aliphatic rings. The molecule has 1 heterocycles. The Labute approximate surface area is 128 Å². The van der Waals surface area contributed by atoms with Gasteiger partial charge in [-0.1, -0.05) is 26.2 Å². The Bertz CT molecular complexity index is 376. The maximum Gasteiger partial charge on any atom is 0.305 e. The summed E-state index contributed by atoms with van der Waals surface area (Å²) in [5.41, 5.74) is 0.111. The van der Waals surface area contributed by atoms with Crippen molar-refractivity contribution < 1.29 is 14.3 Å². The Morgan fingerprint density at radius 3 is 2.67 bits per heavy atom.